The van der Waals surface area contributed by atoms with Crippen LogP contribution in [0.4, 0.5) is 14.5 Å². The first-order valence-electron chi connectivity index (χ1n) is 11.5. The molecule has 32 heavy (non-hydrogen) atoms. The van der Waals surface area contributed by atoms with E-state index in [2.05, 4.69) is 45.7 Å². The van der Waals surface area contributed by atoms with E-state index in [1.807, 2.05) is 18.2 Å². The van der Waals surface area contributed by atoms with Gasteiger partial charge in [0.2, 0.25) is 0 Å². The molecular weight excluding hydrogens is 406 g/mol. The molecule has 0 saturated carbocycles. The van der Waals surface area contributed by atoms with Crippen LogP contribution in [0.15, 0.2) is 49.1 Å². The largest absolute Gasteiger partial charge is 0.313 e. The quantitative estimate of drug-likeness (QED) is 0.374. The Morgan fingerprint density at radius 1 is 1.25 bits per heavy atom. The zero-order valence-electron chi connectivity index (χ0n) is 19.8. The van der Waals surface area contributed by atoms with Crippen LogP contribution in [0.25, 0.3) is 0 Å². The SMILES string of the molecule is C=CCNCCC.CCC1CN(C(=O)c2cccc(F)c2F)c2ccc(CC(C)C)cc21. The summed E-state index contributed by atoms with van der Waals surface area (Å²) in [6, 6.07) is 9.87. The highest BCUT2D eigenvalue weighted by Gasteiger charge is 2.33. The Bertz CT molecular complexity index is 911. The van der Waals surface area contributed by atoms with Crippen LogP contribution in [0.2, 0.25) is 0 Å². The fraction of sp³-hybridized carbons (Fsp3) is 0.444. The molecule has 5 heteroatoms. The molecule has 1 heterocycles. The minimum Gasteiger partial charge on any atom is -0.313 e. The second-order valence-corrected chi connectivity index (χ2v) is 8.61. The van der Waals surface area contributed by atoms with Crippen LogP contribution in [0.5, 0.6) is 0 Å². The highest BCUT2D eigenvalue weighted by atomic mass is 19.2. The molecule has 3 nitrogen and oxygen atoms in total. The highest BCUT2D eigenvalue weighted by molar-refractivity contribution is 6.07. The number of halogens is 2. The van der Waals surface area contributed by atoms with Crippen LogP contribution in [-0.2, 0) is 6.42 Å². The molecule has 0 saturated heterocycles. The molecule has 0 spiro atoms. The molecule has 1 atom stereocenters. The van der Waals surface area contributed by atoms with E-state index in [4.69, 9.17) is 0 Å². The smallest absolute Gasteiger partial charge is 0.261 e. The van der Waals surface area contributed by atoms with Crippen molar-refractivity contribution in [2.75, 3.05) is 24.5 Å². The predicted molar refractivity (Wildman–Crippen MR) is 129 cm³/mol. The van der Waals surface area contributed by atoms with E-state index in [-0.39, 0.29) is 11.5 Å². The number of nitrogens with one attached hydrogen (secondary N) is 1. The third-order valence-corrected chi connectivity index (χ3v) is 5.50. The highest BCUT2D eigenvalue weighted by Crippen LogP contribution is 2.40. The van der Waals surface area contributed by atoms with E-state index in [1.54, 1.807) is 4.90 Å². The van der Waals surface area contributed by atoms with Crippen LogP contribution in [0.3, 0.4) is 0 Å². The summed E-state index contributed by atoms with van der Waals surface area (Å²) in [5, 5.41) is 3.17. The maximum Gasteiger partial charge on any atom is 0.261 e. The van der Waals surface area contributed by atoms with Gasteiger partial charge in [-0.05, 0) is 61.1 Å². The minimum absolute atomic E-state index is 0.214. The Kier molecular flexibility index (Phi) is 10.0. The molecule has 0 aromatic heterocycles. The number of amides is 1. The Morgan fingerprint density at radius 2 is 2.00 bits per heavy atom. The van der Waals surface area contributed by atoms with Gasteiger partial charge >= 0.3 is 0 Å². The summed E-state index contributed by atoms with van der Waals surface area (Å²) in [6.45, 7) is 14.7. The number of rotatable bonds is 8. The standard InChI is InChI=1S/C21H23F2NO.C6H13N/c1-4-15-12-24(21(25)16-6-5-7-18(22)20(16)23)19-9-8-14(10-13(2)3)11-17(15)19;1-3-5-7-6-4-2/h5-9,11,13,15H,4,10,12H2,1-3H3;3,7H,1,4-6H2,2H3. The van der Waals surface area contributed by atoms with Gasteiger partial charge in [0.1, 0.15) is 0 Å². The topological polar surface area (TPSA) is 32.3 Å². The number of hydrogen-bond acceptors (Lipinski definition) is 2. The summed E-state index contributed by atoms with van der Waals surface area (Å²) in [5.41, 5.74) is 2.98. The zero-order valence-corrected chi connectivity index (χ0v) is 19.8. The molecule has 0 aliphatic carbocycles. The van der Waals surface area contributed by atoms with Crippen molar-refractivity contribution in [1.29, 1.82) is 0 Å². The van der Waals surface area contributed by atoms with Crippen molar-refractivity contribution in [2.45, 2.75) is 52.9 Å². The lowest BCUT2D eigenvalue weighted by Gasteiger charge is -2.18. The second-order valence-electron chi connectivity index (χ2n) is 8.61. The number of benzene rings is 2. The Labute approximate surface area is 191 Å². The van der Waals surface area contributed by atoms with Gasteiger partial charge in [0, 0.05) is 24.7 Å². The van der Waals surface area contributed by atoms with Crippen molar-refractivity contribution in [3.05, 3.63) is 77.4 Å². The van der Waals surface area contributed by atoms with Gasteiger partial charge in [-0.2, -0.15) is 0 Å². The Morgan fingerprint density at radius 3 is 2.62 bits per heavy atom. The van der Waals surface area contributed by atoms with Crippen LogP contribution >= 0.6 is 0 Å². The molecule has 0 radical (unpaired) electrons. The average molecular weight is 443 g/mol. The first kappa shape index (κ1) is 25.7. The normalized spacial score (nSPS) is 14.7. The molecule has 1 aliphatic heterocycles. The van der Waals surface area contributed by atoms with Gasteiger partial charge in [-0.3, -0.25) is 4.79 Å². The number of nitrogens with zero attached hydrogens (tertiary/aromatic N) is 1. The number of anilines is 1. The summed E-state index contributed by atoms with van der Waals surface area (Å²) in [5.74, 6) is -1.78. The molecular formula is C27H36F2N2O. The van der Waals surface area contributed by atoms with Gasteiger partial charge < -0.3 is 10.2 Å². The van der Waals surface area contributed by atoms with E-state index in [0.717, 1.165) is 43.2 Å². The fourth-order valence-electron chi connectivity index (χ4n) is 3.93. The zero-order chi connectivity index (χ0) is 23.7. The maximum absolute atomic E-state index is 14.0. The molecule has 1 unspecified atom stereocenters. The lowest BCUT2D eigenvalue weighted by atomic mass is 9.94. The molecule has 1 aliphatic rings. The van der Waals surface area contributed by atoms with Crippen molar-refractivity contribution in [1.82, 2.24) is 5.32 Å². The molecule has 174 valence electrons. The minimum atomic E-state index is -1.08. The van der Waals surface area contributed by atoms with Gasteiger partial charge in [-0.25, -0.2) is 8.78 Å². The summed E-state index contributed by atoms with van der Waals surface area (Å²) in [7, 11) is 0. The average Bonchev–Trinajstić information content (AvgIpc) is 3.13. The van der Waals surface area contributed by atoms with Gasteiger partial charge in [0.15, 0.2) is 11.6 Å². The van der Waals surface area contributed by atoms with Crippen molar-refractivity contribution < 1.29 is 13.6 Å². The lowest BCUT2D eigenvalue weighted by molar-refractivity contribution is 0.0983. The third kappa shape index (κ3) is 6.49. The number of hydrogen-bond donors (Lipinski definition) is 1. The van der Waals surface area contributed by atoms with E-state index in [0.29, 0.717) is 12.5 Å². The van der Waals surface area contributed by atoms with E-state index >= 15 is 0 Å². The molecule has 3 rings (SSSR count). The van der Waals surface area contributed by atoms with Gasteiger partial charge in [-0.15, -0.1) is 6.58 Å². The summed E-state index contributed by atoms with van der Waals surface area (Å²) >= 11 is 0. The molecule has 1 N–H and O–H groups in total. The van der Waals surface area contributed by atoms with Crippen LogP contribution in [-0.4, -0.2) is 25.5 Å². The summed E-state index contributed by atoms with van der Waals surface area (Å²) in [6.07, 6.45) is 4.95. The monoisotopic (exact) mass is 442 g/mol. The van der Waals surface area contributed by atoms with Crippen molar-refractivity contribution in [2.24, 2.45) is 5.92 Å². The first-order valence-corrected chi connectivity index (χ1v) is 11.5. The van der Waals surface area contributed by atoms with Gasteiger partial charge in [0.25, 0.3) is 5.91 Å². The van der Waals surface area contributed by atoms with E-state index in [9.17, 15) is 13.6 Å². The predicted octanol–water partition coefficient (Wildman–Crippen LogP) is 6.49. The summed E-state index contributed by atoms with van der Waals surface area (Å²) < 4.78 is 27.5. The van der Waals surface area contributed by atoms with Crippen molar-refractivity contribution in [3.8, 4) is 0 Å². The second kappa shape index (κ2) is 12.5. The molecule has 2 aromatic carbocycles. The summed E-state index contributed by atoms with van der Waals surface area (Å²) in [4.78, 5) is 14.4. The number of fused-ring (bicyclic) bond motifs is 1. The fourth-order valence-corrected chi connectivity index (χ4v) is 3.93. The lowest BCUT2D eigenvalue weighted by Crippen LogP contribution is -2.30. The maximum atomic E-state index is 14.0. The molecule has 2 aromatic rings. The Hall–Kier alpha value is -2.53. The molecule has 0 bridgehead atoms. The van der Waals surface area contributed by atoms with E-state index < -0.39 is 17.5 Å². The van der Waals surface area contributed by atoms with Crippen LogP contribution < -0.4 is 10.2 Å². The molecule has 0 fully saturated rings. The van der Waals surface area contributed by atoms with Crippen LogP contribution in [0.1, 0.15) is 67.9 Å². The molecule has 1 amide bonds. The number of carbonyl (C=O) groups is 1. The third-order valence-electron chi connectivity index (χ3n) is 5.50. The first-order chi connectivity index (χ1) is 15.3. The number of carbonyl (C=O) groups excluding carboxylic acids is 1. The van der Waals surface area contributed by atoms with E-state index in [1.165, 1.54) is 24.1 Å². The van der Waals surface area contributed by atoms with Gasteiger partial charge in [-0.1, -0.05) is 52.0 Å². The van der Waals surface area contributed by atoms with Gasteiger partial charge in [0.05, 0.1) is 5.56 Å². The Balaban J connectivity index is 0.000000451. The van der Waals surface area contributed by atoms with Crippen molar-refractivity contribution >= 4 is 11.6 Å². The van der Waals surface area contributed by atoms with Crippen molar-refractivity contribution in [3.63, 3.8) is 0 Å². The van der Waals surface area contributed by atoms with Crippen LogP contribution in [0, 0.1) is 17.6 Å².